The van der Waals surface area contributed by atoms with Gasteiger partial charge in [0, 0.05) is 18.7 Å². The van der Waals surface area contributed by atoms with E-state index in [2.05, 4.69) is 5.32 Å². The van der Waals surface area contributed by atoms with E-state index in [-0.39, 0.29) is 10.8 Å². The predicted octanol–water partition coefficient (Wildman–Crippen LogP) is 3.37. The molecule has 0 aromatic heterocycles. The lowest BCUT2D eigenvalue weighted by Gasteiger charge is -2.19. The fourth-order valence-electron chi connectivity index (χ4n) is 3.34. The van der Waals surface area contributed by atoms with Crippen molar-refractivity contribution in [3.8, 4) is 0 Å². The molecular weight excluding hydrogens is 372 g/mol. The molecule has 1 aliphatic heterocycles. The zero-order valence-corrected chi connectivity index (χ0v) is 16.0. The SMILES string of the molecule is O=C(NCc1ccccc1)c1ccc(S(=O)(=O)N2CCc3ccccc32)cc1. The van der Waals surface area contributed by atoms with E-state index in [1.54, 1.807) is 12.1 Å². The zero-order chi connectivity index (χ0) is 19.6. The summed E-state index contributed by atoms with van der Waals surface area (Å²) in [7, 11) is -3.65. The van der Waals surface area contributed by atoms with E-state index in [1.807, 2.05) is 54.6 Å². The molecule has 0 radical (unpaired) electrons. The van der Waals surface area contributed by atoms with Crippen LogP contribution in [0.3, 0.4) is 0 Å². The topological polar surface area (TPSA) is 66.5 Å². The minimum Gasteiger partial charge on any atom is -0.348 e. The van der Waals surface area contributed by atoms with Crippen molar-refractivity contribution in [3.05, 3.63) is 95.6 Å². The number of carbonyl (C=O) groups is 1. The summed E-state index contributed by atoms with van der Waals surface area (Å²) in [5.74, 6) is -0.237. The van der Waals surface area contributed by atoms with E-state index >= 15 is 0 Å². The molecule has 1 N–H and O–H groups in total. The first-order chi connectivity index (χ1) is 13.6. The van der Waals surface area contributed by atoms with E-state index < -0.39 is 10.0 Å². The van der Waals surface area contributed by atoms with Gasteiger partial charge in [-0.2, -0.15) is 0 Å². The zero-order valence-electron chi connectivity index (χ0n) is 15.2. The second kappa shape index (κ2) is 7.48. The van der Waals surface area contributed by atoms with Crippen molar-refractivity contribution in [2.75, 3.05) is 10.8 Å². The molecule has 0 unspecified atom stereocenters. The van der Waals surface area contributed by atoms with Crippen LogP contribution < -0.4 is 9.62 Å². The fourth-order valence-corrected chi connectivity index (χ4v) is 4.85. The number of nitrogens with zero attached hydrogens (tertiary/aromatic N) is 1. The maximum atomic E-state index is 13.0. The van der Waals surface area contributed by atoms with Gasteiger partial charge < -0.3 is 5.32 Å². The molecule has 0 atom stereocenters. The molecule has 28 heavy (non-hydrogen) atoms. The highest BCUT2D eigenvalue weighted by molar-refractivity contribution is 7.92. The molecule has 0 saturated carbocycles. The number of para-hydroxylation sites is 1. The molecule has 3 aromatic carbocycles. The maximum absolute atomic E-state index is 13.0. The minimum atomic E-state index is -3.65. The molecule has 0 aliphatic carbocycles. The van der Waals surface area contributed by atoms with Crippen LogP contribution in [-0.4, -0.2) is 20.9 Å². The summed E-state index contributed by atoms with van der Waals surface area (Å²) in [6.45, 7) is 0.852. The molecule has 1 aliphatic rings. The molecule has 1 amide bonds. The van der Waals surface area contributed by atoms with Crippen LogP contribution in [0.2, 0.25) is 0 Å². The number of fused-ring (bicyclic) bond motifs is 1. The number of hydrogen-bond acceptors (Lipinski definition) is 3. The summed E-state index contributed by atoms with van der Waals surface area (Å²) in [4.78, 5) is 12.5. The van der Waals surface area contributed by atoms with Crippen LogP contribution in [0.4, 0.5) is 5.69 Å². The Bertz CT molecular complexity index is 1090. The second-order valence-corrected chi connectivity index (χ2v) is 8.51. The number of benzene rings is 3. The van der Waals surface area contributed by atoms with Crippen LogP contribution in [0.5, 0.6) is 0 Å². The first kappa shape index (κ1) is 18.3. The minimum absolute atomic E-state index is 0.184. The maximum Gasteiger partial charge on any atom is 0.264 e. The van der Waals surface area contributed by atoms with E-state index in [1.165, 1.54) is 16.4 Å². The number of rotatable bonds is 5. The molecule has 0 saturated heterocycles. The lowest BCUT2D eigenvalue weighted by atomic mass is 10.2. The van der Waals surface area contributed by atoms with Gasteiger partial charge in [0.15, 0.2) is 0 Å². The van der Waals surface area contributed by atoms with Crippen molar-refractivity contribution < 1.29 is 13.2 Å². The molecule has 5 nitrogen and oxygen atoms in total. The lowest BCUT2D eigenvalue weighted by molar-refractivity contribution is 0.0951. The smallest absolute Gasteiger partial charge is 0.264 e. The third-order valence-corrected chi connectivity index (χ3v) is 6.67. The van der Waals surface area contributed by atoms with Crippen LogP contribution in [0.1, 0.15) is 21.5 Å². The van der Waals surface area contributed by atoms with Gasteiger partial charge >= 0.3 is 0 Å². The van der Waals surface area contributed by atoms with Gasteiger partial charge in [-0.3, -0.25) is 9.10 Å². The Labute approximate surface area is 164 Å². The van der Waals surface area contributed by atoms with Gasteiger partial charge in [0.2, 0.25) is 0 Å². The molecule has 6 heteroatoms. The Morgan fingerprint density at radius 2 is 1.57 bits per heavy atom. The molecule has 142 valence electrons. The number of amides is 1. The van der Waals surface area contributed by atoms with Gasteiger partial charge in [-0.1, -0.05) is 48.5 Å². The summed E-state index contributed by atoms with van der Waals surface area (Å²) in [6.07, 6.45) is 0.704. The standard InChI is InChI=1S/C22H20N2O3S/c25-22(23-16-17-6-2-1-3-7-17)19-10-12-20(13-11-19)28(26,27)24-15-14-18-8-4-5-9-21(18)24/h1-13H,14-16H2,(H,23,25). The van der Waals surface area contributed by atoms with E-state index in [4.69, 9.17) is 0 Å². The van der Waals surface area contributed by atoms with Crippen molar-refractivity contribution in [3.63, 3.8) is 0 Å². The average Bonchev–Trinajstić information content (AvgIpc) is 3.18. The highest BCUT2D eigenvalue weighted by Gasteiger charge is 2.30. The molecule has 0 fully saturated rings. The summed E-state index contributed by atoms with van der Waals surface area (Å²) in [5.41, 5.74) is 3.19. The molecule has 0 spiro atoms. The first-order valence-electron chi connectivity index (χ1n) is 9.08. The van der Waals surface area contributed by atoms with Crippen molar-refractivity contribution in [1.82, 2.24) is 5.32 Å². The Morgan fingerprint density at radius 1 is 0.893 bits per heavy atom. The molecule has 3 aromatic rings. The molecule has 4 rings (SSSR count). The van der Waals surface area contributed by atoms with Gasteiger partial charge in [0.25, 0.3) is 15.9 Å². The Morgan fingerprint density at radius 3 is 2.32 bits per heavy atom. The first-order valence-corrected chi connectivity index (χ1v) is 10.5. The van der Waals surface area contributed by atoms with Crippen LogP contribution in [-0.2, 0) is 23.0 Å². The largest absolute Gasteiger partial charge is 0.348 e. The normalized spacial score (nSPS) is 13.2. The van der Waals surface area contributed by atoms with E-state index in [0.29, 0.717) is 25.1 Å². The van der Waals surface area contributed by atoms with Crippen LogP contribution >= 0.6 is 0 Å². The van der Waals surface area contributed by atoms with E-state index in [9.17, 15) is 13.2 Å². The molecule has 1 heterocycles. The van der Waals surface area contributed by atoms with Crippen molar-refractivity contribution in [1.29, 1.82) is 0 Å². The fraction of sp³-hybridized carbons (Fsp3) is 0.136. The number of carbonyl (C=O) groups excluding carboxylic acids is 1. The van der Waals surface area contributed by atoms with Crippen LogP contribution in [0.15, 0.2) is 83.8 Å². The Kier molecular flexibility index (Phi) is 4.88. The van der Waals surface area contributed by atoms with Crippen LogP contribution in [0, 0.1) is 0 Å². The van der Waals surface area contributed by atoms with Crippen LogP contribution in [0.25, 0.3) is 0 Å². The average molecular weight is 392 g/mol. The third kappa shape index (κ3) is 3.51. The second-order valence-electron chi connectivity index (χ2n) is 6.65. The predicted molar refractivity (Wildman–Crippen MR) is 109 cm³/mol. The highest BCUT2D eigenvalue weighted by atomic mass is 32.2. The molecular formula is C22H20N2O3S. The summed E-state index contributed by atoms with van der Waals surface area (Å²) < 4.78 is 27.5. The van der Waals surface area contributed by atoms with Gasteiger partial charge in [0.1, 0.15) is 0 Å². The highest BCUT2D eigenvalue weighted by Crippen LogP contribution is 2.32. The van der Waals surface area contributed by atoms with Crippen molar-refractivity contribution >= 4 is 21.6 Å². The number of sulfonamides is 1. The molecule has 0 bridgehead atoms. The van der Waals surface area contributed by atoms with Gasteiger partial charge in [0.05, 0.1) is 10.6 Å². The number of anilines is 1. The summed E-state index contributed by atoms with van der Waals surface area (Å²) in [6, 6.07) is 23.2. The number of nitrogens with one attached hydrogen (secondary N) is 1. The van der Waals surface area contributed by atoms with Gasteiger partial charge in [-0.05, 0) is 47.9 Å². The van der Waals surface area contributed by atoms with Crippen molar-refractivity contribution in [2.24, 2.45) is 0 Å². The van der Waals surface area contributed by atoms with Gasteiger partial charge in [-0.15, -0.1) is 0 Å². The Balaban J connectivity index is 1.49. The lowest BCUT2D eigenvalue weighted by Crippen LogP contribution is -2.29. The van der Waals surface area contributed by atoms with E-state index in [0.717, 1.165) is 16.8 Å². The number of hydrogen-bond donors (Lipinski definition) is 1. The van der Waals surface area contributed by atoms with Gasteiger partial charge in [-0.25, -0.2) is 8.42 Å². The quantitative estimate of drug-likeness (QED) is 0.724. The van der Waals surface area contributed by atoms with Crippen molar-refractivity contribution in [2.45, 2.75) is 17.9 Å². The monoisotopic (exact) mass is 392 g/mol. The summed E-state index contributed by atoms with van der Waals surface area (Å²) in [5, 5.41) is 2.84. The summed E-state index contributed by atoms with van der Waals surface area (Å²) >= 11 is 0. The third-order valence-electron chi connectivity index (χ3n) is 4.84. The Hall–Kier alpha value is -3.12.